The third kappa shape index (κ3) is 5.75. The van der Waals surface area contributed by atoms with Crippen LogP contribution in [0.3, 0.4) is 0 Å². The summed E-state index contributed by atoms with van der Waals surface area (Å²) in [5, 5.41) is 4.03. The van der Waals surface area contributed by atoms with E-state index in [0.29, 0.717) is 19.0 Å². The average Bonchev–Trinajstić information content (AvgIpc) is 3.25. The van der Waals surface area contributed by atoms with Gasteiger partial charge in [-0.25, -0.2) is 9.98 Å². The van der Waals surface area contributed by atoms with Crippen molar-refractivity contribution in [2.45, 2.75) is 20.0 Å². The second-order valence-electron chi connectivity index (χ2n) is 6.27. The van der Waals surface area contributed by atoms with Crippen molar-refractivity contribution < 1.29 is 4.42 Å². The number of guanidine groups is 1. The molecule has 0 amide bonds. The normalized spacial score (nSPS) is 11.2. The highest BCUT2D eigenvalue weighted by Gasteiger charge is 2.11. The fourth-order valence-corrected chi connectivity index (χ4v) is 3.04. The number of nitrogens with zero attached hydrogens (tertiary/aromatic N) is 4. The molecule has 3 rings (SSSR count). The summed E-state index contributed by atoms with van der Waals surface area (Å²) in [4.78, 5) is 11.1. The molecule has 28 heavy (non-hydrogen) atoms. The lowest BCUT2D eigenvalue weighted by Crippen LogP contribution is -2.38. The summed E-state index contributed by atoms with van der Waals surface area (Å²) in [5.41, 5.74) is 2.11. The summed E-state index contributed by atoms with van der Waals surface area (Å²) >= 11 is 6.08. The number of benzene rings is 1. The minimum atomic E-state index is 0. The highest BCUT2D eigenvalue weighted by atomic mass is 127. The Hall–Kier alpha value is -2.00. The molecule has 1 aromatic carbocycles. The van der Waals surface area contributed by atoms with Crippen molar-refractivity contribution in [1.29, 1.82) is 0 Å². The molecule has 0 saturated carbocycles. The molecule has 0 aliphatic rings. The van der Waals surface area contributed by atoms with Crippen LogP contribution in [-0.2, 0) is 20.1 Å². The van der Waals surface area contributed by atoms with Gasteiger partial charge in [-0.2, -0.15) is 0 Å². The van der Waals surface area contributed by atoms with Gasteiger partial charge in [0.2, 0.25) is 5.89 Å². The van der Waals surface area contributed by atoms with Gasteiger partial charge in [0.05, 0.1) is 17.8 Å². The van der Waals surface area contributed by atoms with Crippen LogP contribution < -0.4 is 5.32 Å². The standard InChI is InChI=1S/C20H24ClN5O.HI/c1-4-22-20(26(3)14-17-10-16(21)13-25(17)2)24-12-19-23-11-18(27-19)15-8-6-5-7-9-15;/h5-11,13H,4,12,14H2,1-3H3,(H,22,24);1H. The van der Waals surface area contributed by atoms with Crippen molar-refractivity contribution in [3.05, 3.63) is 65.4 Å². The summed E-state index contributed by atoms with van der Waals surface area (Å²) in [5.74, 6) is 2.12. The average molecular weight is 514 g/mol. The topological polar surface area (TPSA) is 58.6 Å². The summed E-state index contributed by atoms with van der Waals surface area (Å²) in [7, 11) is 3.98. The molecule has 0 aliphatic carbocycles. The molecule has 8 heteroatoms. The van der Waals surface area contributed by atoms with Crippen molar-refractivity contribution >= 4 is 41.5 Å². The Morgan fingerprint density at radius 2 is 2.07 bits per heavy atom. The van der Waals surface area contributed by atoms with Crippen molar-refractivity contribution in [1.82, 2.24) is 19.8 Å². The maximum atomic E-state index is 6.08. The minimum absolute atomic E-state index is 0. The maximum Gasteiger partial charge on any atom is 0.216 e. The first-order valence-electron chi connectivity index (χ1n) is 8.87. The first-order chi connectivity index (χ1) is 13.1. The van der Waals surface area contributed by atoms with Crippen LogP contribution in [0.1, 0.15) is 18.5 Å². The summed E-state index contributed by atoms with van der Waals surface area (Å²) in [6, 6.07) is 11.9. The Labute approximate surface area is 187 Å². The van der Waals surface area contributed by atoms with E-state index in [-0.39, 0.29) is 24.0 Å². The Morgan fingerprint density at radius 3 is 2.71 bits per heavy atom. The largest absolute Gasteiger partial charge is 0.439 e. The zero-order chi connectivity index (χ0) is 19.2. The fourth-order valence-electron chi connectivity index (χ4n) is 2.77. The van der Waals surface area contributed by atoms with Crippen molar-refractivity contribution in [3.8, 4) is 11.3 Å². The second kappa shape index (κ2) is 10.5. The van der Waals surface area contributed by atoms with E-state index < -0.39 is 0 Å². The van der Waals surface area contributed by atoms with Crippen LogP contribution >= 0.6 is 35.6 Å². The number of oxazole rings is 1. The Bertz CT molecular complexity index is 906. The number of aliphatic imine (C=N–C) groups is 1. The molecule has 6 nitrogen and oxygen atoms in total. The maximum absolute atomic E-state index is 6.08. The predicted molar refractivity (Wildman–Crippen MR) is 124 cm³/mol. The van der Waals surface area contributed by atoms with Crippen LogP contribution in [0.4, 0.5) is 0 Å². The third-order valence-corrected chi connectivity index (χ3v) is 4.35. The van der Waals surface area contributed by atoms with E-state index in [4.69, 9.17) is 16.0 Å². The van der Waals surface area contributed by atoms with Gasteiger partial charge in [0.25, 0.3) is 0 Å². The molecule has 2 aromatic heterocycles. The number of halogens is 2. The van der Waals surface area contributed by atoms with Crippen LogP contribution in [-0.4, -0.2) is 34.0 Å². The van der Waals surface area contributed by atoms with Gasteiger partial charge < -0.3 is 19.2 Å². The molecule has 0 spiro atoms. The quantitative estimate of drug-likeness (QED) is 0.298. The van der Waals surface area contributed by atoms with E-state index in [9.17, 15) is 0 Å². The Kier molecular flexibility index (Phi) is 8.37. The molecule has 2 heterocycles. The monoisotopic (exact) mass is 513 g/mol. The summed E-state index contributed by atoms with van der Waals surface area (Å²) in [6.45, 7) is 3.88. The molecule has 0 unspecified atom stereocenters. The van der Waals surface area contributed by atoms with Crippen LogP contribution in [0.25, 0.3) is 11.3 Å². The summed E-state index contributed by atoms with van der Waals surface area (Å²) in [6.07, 6.45) is 3.63. The van der Waals surface area contributed by atoms with Crippen molar-refractivity contribution in [2.24, 2.45) is 12.0 Å². The first kappa shape index (κ1) is 22.3. The van der Waals surface area contributed by atoms with Crippen LogP contribution in [0.15, 0.2) is 58.2 Å². The zero-order valence-corrected chi connectivity index (χ0v) is 19.3. The molecular weight excluding hydrogens is 489 g/mol. The van der Waals surface area contributed by atoms with E-state index in [1.54, 1.807) is 6.20 Å². The van der Waals surface area contributed by atoms with Gasteiger partial charge >= 0.3 is 0 Å². The molecule has 0 aliphatic heterocycles. The molecular formula is C20H25ClIN5O. The molecule has 0 bridgehead atoms. The lowest BCUT2D eigenvalue weighted by Gasteiger charge is -2.22. The highest BCUT2D eigenvalue weighted by molar-refractivity contribution is 14.0. The number of hydrogen-bond donors (Lipinski definition) is 1. The molecule has 0 radical (unpaired) electrons. The number of aromatic nitrogens is 2. The van der Waals surface area contributed by atoms with Crippen LogP contribution in [0.5, 0.6) is 0 Å². The number of hydrogen-bond acceptors (Lipinski definition) is 3. The SMILES string of the molecule is CCNC(=NCc1ncc(-c2ccccc2)o1)N(C)Cc1cc(Cl)cn1C.I. The number of nitrogens with one attached hydrogen (secondary N) is 1. The second-order valence-corrected chi connectivity index (χ2v) is 6.71. The third-order valence-electron chi connectivity index (χ3n) is 4.15. The molecule has 0 fully saturated rings. The van der Waals surface area contributed by atoms with Gasteiger partial charge in [0.15, 0.2) is 11.7 Å². The van der Waals surface area contributed by atoms with E-state index in [1.807, 2.05) is 68.2 Å². The lowest BCUT2D eigenvalue weighted by atomic mass is 10.2. The fraction of sp³-hybridized carbons (Fsp3) is 0.300. The number of rotatable bonds is 6. The smallest absolute Gasteiger partial charge is 0.216 e. The Morgan fingerprint density at radius 1 is 1.32 bits per heavy atom. The molecule has 0 saturated heterocycles. The molecule has 3 aromatic rings. The minimum Gasteiger partial charge on any atom is -0.439 e. The Balaban J connectivity index is 0.00000280. The van der Waals surface area contributed by atoms with Gasteiger partial charge in [0, 0.05) is 38.1 Å². The van der Waals surface area contributed by atoms with Crippen molar-refractivity contribution in [2.75, 3.05) is 13.6 Å². The van der Waals surface area contributed by atoms with Gasteiger partial charge in [-0.05, 0) is 13.0 Å². The van der Waals surface area contributed by atoms with E-state index >= 15 is 0 Å². The molecule has 0 atom stereocenters. The first-order valence-corrected chi connectivity index (χ1v) is 9.25. The van der Waals surface area contributed by atoms with Crippen molar-refractivity contribution in [3.63, 3.8) is 0 Å². The zero-order valence-electron chi connectivity index (χ0n) is 16.2. The predicted octanol–water partition coefficient (Wildman–Crippen LogP) is 4.55. The lowest BCUT2D eigenvalue weighted by molar-refractivity contribution is 0.456. The van der Waals surface area contributed by atoms with E-state index in [1.165, 1.54) is 0 Å². The van der Waals surface area contributed by atoms with Crippen LogP contribution in [0, 0.1) is 0 Å². The number of aryl methyl sites for hydroxylation is 1. The van der Waals surface area contributed by atoms with Gasteiger partial charge in [-0.1, -0.05) is 41.9 Å². The van der Waals surface area contributed by atoms with Gasteiger partial charge in [0.1, 0.15) is 6.54 Å². The summed E-state index contributed by atoms with van der Waals surface area (Å²) < 4.78 is 7.85. The van der Waals surface area contributed by atoms with E-state index in [0.717, 1.165) is 34.5 Å². The molecule has 1 N–H and O–H groups in total. The van der Waals surface area contributed by atoms with Gasteiger partial charge in [-0.15, -0.1) is 24.0 Å². The van der Waals surface area contributed by atoms with Gasteiger partial charge in [-0.3, -0.25) is 0 Å². The van der Waals surface area contributed by atoms with Crippen LogP contribution in [0.2, 0.25) is 5.02 Å². The molecule has 150 valence electrons. The highest BCUT2D eigenvalue weighted by Crippen LogP contribution is 2.20. The van der Waals surface area contributed by atoms with E-state index in [2.05, 4.69) is 20.2 Å².